The van der Waals surface area contributed by atoms with E-state index in [4.69, 9.17) is 0 Å². The van der Waals surface area contributed by atoms with Crippen molar-refractivity contribution >= 4 is 29.1 Å². The van der Waals surface area contributed by atoms with E-state index in [1.165, 1.54) is 18.5 Å². The molecule has 0 aliphatic heterocycles. The Morgan fingerprint density at radius 2 is 2.00 bits per heavy atom. The van der Waals surface area contributed by atoms with Crippen molar-refractivity contribution in [1.29, 1.82) is 0 Å². The third-order valence-corrected chi connectivity index (χ3v) is 4.45. The summed E-state index contributed by atoms with van der Waals surface area (Å²) in [5, 5.41) is 7.73. The number of pyridine rings is 1. The van der Waals surface area contributed by atoms with Crippen LogP contribution in [0.4, 0.5) is 4.39 Å². The summed E-state index contributed by atoms with van der Waals surface area (Å²) in [6.07, 6.45) is 5.05. The number of nitrogens with one attached hydrogen (secondary N) is 2. The summed E-state index contributed by atoms with van der Waals surface area (Å²) in [6.45, 7) is 4.24. The van der Waals surface area contributed by atoms with Crippen LogP contribution in [0.2, 0.25) is 0 Å². The molecule has 0 saturated carbocycles. The number of hydrogen-bond donors (Lipinski definition) is 2. The van der Waals surface area contributed by atoms with E-state index >= 15 is 0 Å². The average molecular weight is 375 g/mol. The van der Waals surface area contributed by atoms with Gasteiger partial charge in [-0.3, -0.25) is 10.1 Å². The molecule has 8 heteroatoms. The summed E-state index contributed by atoms with van der Waals surface area (Å²) in [5.41, 5.74) is 3.92. The average Bonchev–Trinajstić information content (AvgIpc) is 3.38. The van der Waals surface area contributed by atoms with Gasteiger partial charge in [0.15, 0.2) is 0 Å². The number of aromatic nitrogens is 5. The SMILES string of the molecule is C=N/C(=C(/c1ccnc2[nH]ccc12)N(C)Cc1ncn[nH]1)c1ccc(F)cc1. The van der Waals surface area contributed by atoms with Crippen LogP contribution in [0, 0.1) is 5.82 Å². The van der Waals surface area contributed by atoms with E-state index in [1.807, 2.05) is 30.3 Å². The van der Waals surface area contributed by atoms with Gasteiger partial charge in [0.25, 0.3) is 0 Å². The molecule has 0 fully saturated rings. The highest BCUT2D eigenvalue weighted by Gasteiger charge is 2.19. The number of benzene rings is 1. The summed E-state index contributed by atoms with van der Waals surface area (Å²) in [4.78, 5) is 18.0. The summed E-state index contributed by atoms with van der Waals surface area (Å²) in [6, 6.07) is 10.1. The minimum absolute atomic E-state index is 0.305. The second-order valence-corrected chi connectivity index (χ2v) is 6.25. The number of hydrogen-bond acceptors (Lipinski definition) is 5. The fourth-order valence-electron chi connectivity index (χ4n) is 3.20. The van der Waals surface area contributed by atoms with Gasteiger partial charge in [0.2, 0.25) is 0 Å². The molecule has 1 aromatic carbocycles. The number of halogens is 1. The number of fused-ring (bicyclic) bond motifs is 1. The van der Waals surface area contributed by atoms with Crippen molar-refractivity contribution in [3.05, 3.63) is 77.9 Å². The molecule has 3 heterocycles. The lowest BCUT2D eigenvalue weighted by Crippen LogP contribution is -2.19. The topological polar surface area (TPSA) is 85.8 Å². The highest BCUT2D eigenvalue weighted by Crippen LogP contribution is 2.33. The lowest BCUT2D eigenvalue weighted by atomic mass is 10.0. The van der Waals surface area contributed by atoms with E-state index in [0.717, 1.165) is 27.9 Å². The number of H-pyrrole nitrogens is 2. The van der Waals surface area contributed by atoms with E-state index in [2.05, 4.69) is 36.9 Å². The Morgan fingerprint density at radius 1 is 1.18 bits per heavy atom. The minimum Gasteiger partial charge on any atom is -0.365 e. The van der Waals surface area contributed by atoms with Gasteiger partial charge < -0.3 is 9.88 Å². The molecule has 7 nitrogen and oxygen atoms in total. The molecule has 0 aliphatic rings. The van der Waals surface area contributed by atoms with Crippen molar-refractivity contribution in [3.8, 4) is 0 Å². The Labute approximate surface area is 160 Å². The highest BCUT2D eigenvalue weighted by atomic mass is 19.1. The first-order valence-corrected chi connectivity index (χ1v) is 8.62. The fourth-order valence-corrected chi connectivity index (χ4v) is 3.20. The molecule has 0 atom stereocenters. The number of nitrogens with zero attached hydrogens (tertiary/aromatic N) is 5. The standard InChI is InChI=1S/C20H18FN7/c1-22-18(13-3-5-14(21)6-4-13)19(28(2)11-17-25-12-26-27-17)15-7-9-23-20-16(15)8-10-24-20/h3-10,12H,1,11H2,2H3,(H,23,24)(H,25,26,27)/b19-18-. The summed E-state index contributed by atoms with van der Waals surface area (Å²) in [7, 11) is 1.94. The van der Waals surface area contributed by atoms with Crippen LogP contribution >= 0.6 is 0 Å². The van der Waals surface area contributed by atoms with Crippen LogP contribution in [-0.4, -0.2) is 43.8 Å². The van der Waals surface area contributed by atoms with Gasteiger partial charge in [0.1, 0.15) is 23.6 Å². The van der Waals surface area contributed by atoms with Crippen LogP contribution in [0.3, 0.4) is 0 Å². The van der Waals surface area contributed by atoms with Gasteiger partial charge in [-0.25, -0.2) is 14.4 Å². The van der Waals surface area contributed by atoms with E-state index in [0.29, 0.717) is 18.1 Å². The highest BCUT2D eigenvalue weighted by molar-refractivity contribution is 5.98. The molecular weight excluding hydrogens is 357 g/mol. The Balaban J connectivity index is 1.93. The molecule has 3 aromatic heterocycles. The van der Waals surface area contributed by atoms with Gasteiger partial charge in [-0.2, -0.15) is 5.10 Å². The van der Waals surface area contributed by atoms with Crippen LogP contribution < -0.4 is 0 Å². The first kappa shape index (κ1) is 17.6. The van der Waals surface area contributed by atoms with Crippen LogP contribution in [0.1, 0.15) is 17.0 Å². The van der Waals surface area contributed by atoms with E-state index in [1.54, 1.807) is 18.3 Å². The van der Waals surface area contributed by atoms with Crippen LogP contribution in [0.15, 0.2) is 60.1 Å². The van der Waals surface area contributed by atoms with Crippen molar-refractivity contribution < 1.29 is 4.39 Å². The monoisotopic (exact) mass is 375 g/mol. The van der Waals surface area contributed by atoms with E-state index < -0.39 is 0 Å². The van der Waals surface area contributed by atoms with Crippen LogP contribution in [0.25, 0.3) is 22.4 Å². The molecule has 2 N–H and O–H groups in total. The van der Waals surface area contributed by atoms with Crippen molar-refractivity contribution in [1.82, 2.24) is 30.0 Å². The Bertz CT molecular complexity index is 1130. The van der Waals surface area contributed by atoms with Gasteiger partial charge in [-0.05, 0) is 43.1 Å². The predicted molar refractivity (Wildman–Crippen MR) is 107 cm³/mol. The largest absolute Gasteiger partial charge is 0.365 e. The summed E-state index contributed by atoms with van der Waals surface area (Å²) in [5.74, 6) is 0.405. The van der Waals surface area contributed by atoms with Gasteiger partial charge in [0, 0.05) is 36.0 Å². The van der Waals surface area contributed by atoms with Gasteiger partial charge in [0.05, 0.1) is 17.9 Å². The number of rotatable bonds is 6. The zero-order chi connectivity index (χ0) is 19.5. The normalized spacial score (nSPS) is 12.1. The van der Waals surface area contributed by atoms with Gasteiger partial charge in [-0.1, -0.05) is 0 Å². The number of aromatic amines is 2. The molecule has 0 saturated heterocycles. The molecule has 4 rings (SSSR count). The quantitative estimate of drug-likeness (QED) is 0.505. The lowest BCUT2D eigenvalue weighted by molar-refractivity contribution is 0.461. The Morgan fingerprint density at radius 3 is 2.71 bits per heavy atom. The molecule has 0 spiro atoms. The van der Waals surface area contributed by atoms with Crippen molar-refractivity contribution in [2.75, 3.05) is 7.05 Å². The second-order valence-electron chi connectivity index (χ2n) is 6.25. The van der Waals surface area contributed by atoms with Gasteiger partial charge in [-0.15, -0.1) is 0 Å². The lowest BCUT2D eigenvalue weighted by Gasteiger charge is -2.25. The molecule has 140 valence electrons. The number of aliphatic imine (C=N–C) groups is 1. The predicted octanol–water partition coefficient (Wildman–Crippen LogP) is 3.48. The fraction of sp³-hybridized carbons (Fsp3) is 0.100. The smallest absolute Gasteiger partial charge is 0.143 e. The maximum atomic E-state index is 13.5. The molecular formula is C20H18FN7. The molecule has 28 heavy (non-hydrogen) atoms. The van der Waals surface area contributed by atoms with Crippen LogP contribution in [-0.2, 0) is 6.54 Å². The maximum Gasteiger partial charge on any atom is 0.143 e. The minimum atomic E-state index is -0.305. The molecule has 0 aliphatic carbocycles. The first-order valence-electron chi connectivity index (χ1n) is 8.62. The van der Waals surface area contributed by atoms with Crippen LogP contribution in [0.5, 0.6) is 0 Å². The summed E-state index contributed by atoms with van der Waals surface area (Å²) >= 11 is 0. The summed E-state index contributed by atoms with van der Waals surface area (Å²) < 4.78 is 13.5. The Hall–Kier alpha value is -3.81. The molecule has 4 aromatic rings. The van der Waals surface area contributed by atoms with Crippen molar-refractivity contribution in [2.24, 2.45) is 4.99 Å². The zero-order valence-electron chi connectivity index (χ0n) is 15.2. The molecule has 0 amide bonds. The third kappa shape index (κ3) is 3.27. The third-order valence-electron chi connectivity index (χ3n) is 4.45. The van der Waals surface area contributed by atoms with Crippen molar-refractivity contribution in [3.63, 3.8) is 0 Å². The maximum absolute atomic E-state index is 13.5. The Kier molecular flexibility index (Phi) is 4.67. The first-order chi connectivity index (χ1) is 13.7. The molecule has 0 radical (unpaired) electrons. The van der Waals surface area contributed by atoms with Gasteiger partial charge >= 0.3 is 0 Å². The van der Waals surface area contributed by atoms with E-state index in [9.17, 15) is 4.39 Å². The molecule has 0 unspecified atom stereocenters. The zero-order valence-corrected chi connectivity index (χ0v) is 15.2. The molecule has 0 bridgehead atoms. The van der Waals surface area contributed by atoms with Crippen molar-refractivity contribution in [2.45, 2.75) is 6.54 Å². The van der Waals surface area contributed by atoms with E-state index in [-0.39, 0.29) is 5.82 Å². The second kappa shape index (κ2) is 7.43.